The summed E-state index contributed by atoms with van der Waals surface area (Å²) >= 11 is -2.48. The summed E-state index contributed by atoms with van der Waals surface area (Å²) in [7, 11) is 29.6. The molecule has 20 unspecified atom stereocenters. The Kier molecular flexibility index (Phi) is 53.6. The number of allylic oxidation sites excluding steroid dienone is 32. The van der Waals surface area contributed by atoms with E-state index >= 15 is 0 Å². The third-order valence-corrected chi connectivity index (χ3v) is 34.8. The number of fused-ring (bicyclic) bond motifs is 8. The van der Waals surface area contributed by atoms with Crippen molar-refractivity contribution >= 4 is 51.1 Å². The SMILES string of the molecule is C1=CC2CC(c3ccccc3-c3ccccc3C3CC4C=CC=CC4C3)CC2C=C1.C1=CC2CC(c3ccccc3-c3ccccc3C3CC4C=CC=CC4C3)CC2C=C1.CC1C(c2ccccc2-c2ccccc2C2CC3C=CC=CC3C2C)CC2C=CC=CC21.Cc1cc(-c2cc(C)c(C)cc2C2CC3C=CC=CC3C2)c(C2CC3C=CC=CC3C2)cc1C.[CH3-].[CH3-].[CH3-].[CH3-].[CH3-].[CH3-].[CH3-].[CH3-].[CH3-].[CH3-].[Cl][Zr+2][Cl].[Cl][Zr+2][Cl].[Cl][Zr+2][Cl].[Zr+4]. The second kappa shape index (κ2) is 61.2. The van der Waals surface area contributed by atoms with Gasteiger partial charge in [-0.1, -0.05) is 378 Å². The molecule has 0 heterocycles. The van der Waals surface area contributed by atoms with Crippen LogP contribution in [-0.2, 0) is 88.7 Å². The molecule has 146 heavy (non-hydrogen) atoms. The zero-order chi connectivity index (χ0) is 93.0. The number of benzene rings is 8. The Hall–Kier alpha value is -5.13. The van der Waals surface area contributed by atoms with Crippen molar-refractivity contribution in [1.29, 1.82) is 0 Å². The van der Waals surface area contributed by atoms with Gasteiger partial charge in [0.05, 0.1) is 0 Å². The van der Waals surface area contributed by atoms with Crippen molar-refractivity contribution in [2.45, 2.75) is 179 Å². The maximum Gasteiger partial charge on any atom is 4.00 e. The molecule has 16 aliphatic rings. The van der Waals surface area contributed by atoms with Gasteiger partial charge in [-0.25, -0.2) is 0 Å². The van der Waals surface area contributed by atoms with Gasteiger partial charge in [-0.05, 0) is 383 Å². The van der Waals surface area contributed by atoms with E-state index in [0.717, 1.165) is 47.3 Å². The van der Waals surface area contributed by atoms with Crippen LogP contribution in [0.1, 0.15) is 218 Å². The molecule has 764 valence electrons. The first kappa shape index (κ1) is 128. The molecule has 0 saturated heterocycles. The van der Waals surface area contributed by atoms with Crippen molar-refractivity contribution in [3.63, 3.8) is 0 Å². The Labute approximate surface area is 963 Å². The van der Waals surface area contributed by atoms with Gasteiger partial charge in [-0.15, -0.1) is 0 Å². The predicted octanol–water partition coefficient (Wildman–Crippen LogP) is 41.7. The number of halogens is 6. The largest absolute Gasteiger partial charge is 4.00 e. The van der Waals surface area contributed by atoms with Crippen molar-refractivity contribution in [3.8, 4) is 44.5 Å². The standard InChI is InChI=1S/C34H38.C32H34.2C30H30.10CH3.6ClH.4Zr/c1-21-13-31(29-17-25-9-5-6-10-26(25)18-29)33(15-23(21)3)34-16-24(4)22(2)14-32(34)30-19-27-11-7-8-12-28(27)20-30;1-21-25-13-5-3-11-23(25)19-31(21)29-17-9-7-15-27(29)28-16-8-10-18-30(28)32-20-24-12-4-6-14-26(24)22(32)2;2*1-2-10-22-18-25(17-21(22)9-1)27-13-5-7-15-29(27)30-16-8-6-14-28(30)26-19-23-11-3-4-12-24(23)20-26;;;;;;;;;;;;;;;;;;;;/h5-16,25-30H,17-20H2,1-4H3;3-18,21-26,31-32H,19-20H2,1-2H3;2*1-16,21-26H,17-20H2;10*1H3;6*1H;;;;/q;;;;10*-1;;;;;;;4*+4/p-6. The van der Waals surface area contributed by atoms with Crippen molar-refractivity contribution in [1.82, 2.24) is 0 Å². The van der Waals surface area contributed by atoms with E-state index in [0.29, 0.717) is 107 Å². The molecular weight excluding hydrogens is 2210 g/mol. The van der Waals surface area contributed by atoms with E-state index < -0.39 is 62.5 Å². The minimum atomic E-state index is -0.826. The second-order valence-electron chi connectivity index (χ2n) is 41.8. The van der Waals surface area contributed by atoms with Crippen molar-refractivity contribution in [2.24, 2.45) is 107 Å². The Balaban J connectivity index is 0.000000250. The van der Waals surface area contributed by atoms with Crippen LogP contribution in [0, 0.1) is 208 Å². The van der Waals surface area contributed by atoms with Crippen LogP contribution in [-0.4, -0.2) is 0 Å². The first-order valence-electron chi connectivity index (χ1n) is 50.6. The molecule has 0 aromatic heterocycles. The van der Waals surface area contributed by atoms with Crippen LogP contribution in [0.25, 0.3) is 44.5 Å². The van der Waals surface area contributed by atoms with E-state index in [9.17, 15) is 0 Å². The van der Waals surface area contributed by atoms with Crippen LogP contribution >= 0.6 is 51.1 Å². The van der Waals surface area contributed by atoms with Gasteiger partial charge < -0.3 is 74.3 Å². The van der Waals surface area contributed by atoms with Gasteiger partial charge in [-0.2, -0.15) is 0 Å². The summed E-state index contributed by atoms with van der Waals surface area (Å²) in [6.45, 7) is 14.1. The maximum absolute atomic E-state index is 4.93. The first-order valence-corrected chi connectivity index (χ1v) is 69.6. The van der Waals surface area contributed by atoms with Gasteiger partial charge in [0.1, 0.15) is 0 Å². The first-order chi connectivity index (χ1) is 66.2. The molecule has 0 nitrogen and oxygen atoms in total. The summed E-state index contributed by atoms with van der Waals surface area (Å²) in [6.07, 6.45) is 93.0. The van der Waals surface area contributed by atoms with E-state index in [-0.39, 0.29) is 100 Å². The minimum Gasteiger partial charge on any atom is 4.00 e. The van der Waals surface area contributed by atoms with E-state index in [1.807, 2.05) is 0 Å². The summed E-state index contributed by atoms with van der Waals surface area (Å²) in [5.74, 6) is 17.9. The van der Waals surface area contributed by atoms with Crippen molar-refractivity contribution < 1.29 is 88.7 Å². The molecule has 0 amide bonds. The average Bonchev–Trinajstić information content (AvgIpc) is 1.67. The van der Waals surface area contributed by atoms with Crippen LogP contribution in [0.3, 0.4) is 0 Å². The van der Waals surface area contributed by atoms with E-state index in [4.69, 9.17) is 51.1 Å². The topological polar surface area (TPSA) is 0 Å². The fourth-order valence-corrected chi connectivity index (χ4v) is 27.9. The zero-order valence-corrected chi connectivity index (χ0v) is 104. The number of hydrogen-bond donors (Lipinski definition) is 0. The summed E-state index contributed by atoms with van der Waals surface area (Å²) in [6, 6.07) is 65.8. The van der Waals surface area contributed by atoms with E-state index in [1.54, 1.807) is 44.5 Å². The van der Waals surface area contributed by atoms with E-state index in [2.05, 4.69) is 406 Å². The van der Waals surface area contributed by atoms with Crippen molar-refractivity contribution in [2.75, 3.05) is 0 Å². The van der Waals surface area contributed by atoms with Crippen molar-refractivity contribution in [3.05, 3.63) is 505 Å². The summed E-state index contributed by atoms with van der Waals surface area (Å²) in [5, 5.41) is 0. The normalized spacial score (nSPS) is 29.4. The Morgan fingerprint density at radius 1 is 0.185 bits per heavy atom. The molecular formula is C136H162Cl6Zr4. The van der Waals surface area contributed by atoms with Crippen LogP contribution in [0.5, 0.6) is 0 Å². The van der Waals surface area contributed by atoms with Crippen LogP contribution in [0.4, 0.5) is 0 Å². The molecule has 0 bridgehead atoms. The Morgan fingerprint density at radius 2 is 0.336 bits per heavy atom. The predicted molar refractivity (Wildman–Crippen MR) is 633 cm³/mol. The molecule has 0 radical (unpaired) electrons. The third-order valence-electron chi connectivity index (χ3n) is 34.8. The van der Waals surface area contributed by atoms with Crippen LogP contribution in [0.2, 0.25) is 0 Å². The molecule has 0 aliphatic heterocycles. The molecule has 8 fully saturated rings. The monoisotopic (exact) mass is 2360 g/mol. The van der Waals surface area contributed by atoms with Crippen LogP contribution < -0.4 is 0 Å². The number of rotatable bonds is 12. The zero-order valence-electron chi connectivity index (χ0n) is 89.8. The van der Waals surface area contributed by atoms with Gasteiger partial charge in [0.25, 0.3) is 0 Å². The molecule has 8 aromatic carbocycles. The molecule has 24 rings (SSSR count). The van der Waals surface area contributed by atoms with Gasteiger partial charge >= 0.3 is 140 Å². The molecule has 16 aliphatic carbocycles. The fraction of sp³-hybridized carbons (Fsp3) is 0.338. The Morgan fingerprint density at radius 3 is 0.527 bits per heavy atom. The smallest absolute Gasteiger partial charge is 4.00 e. The van der Waals surface area contributed by atoms with E-state index in [1.165, 1.54) is 157 Å². The molecule has 10 heteroatoms. The molecule has 8 saturated carbocycles. The van der Waals surface area contributed by atoms with Gasteiger partial charge in [0.15, 0.2) is 0 Å². The summed E-state index contributed by atoms with van der Waals surface area (Å²) in [4.78, 5) is 0. The molecule has 20 atom stereocenters. The molecule has 0 N–H and O–H groups in total. The molecule has 0 spiro atoms. The number of aryl methyl sites for hydroxylation is 4. The summed E-state index contributed by atoms with van der Waals surface area (Å²) < 4.78 is 0. The van der Waals surface area contributed by atoms with Gasteiger partial charge in [0.2, 0.25) is 0 Å². The minimum absolute atomic E-state index is 0. The average molecular weight is 2370 g/mol. The Bertz CT molecular complexity index is 5340. The van der Waals surface area contributed by atoms with Gasteiger partial charge in [0, 0.05) is 0 Å². The summed E-state index contributed by atoms with van der Waals surface area (Å²) in [5.41, 5.74) is 30.2. The maximum atomic E-state index is 4.93. The quantitative estimate of drug-likeness (QED) is 0.107. The fourth-order valence-electron chi connectivity index (χ4n) is 27.9. The second-order valence-corrected chi connectivity index (χ2v) is 53.0. The number of hydrogen-bond acceptors (Lipinski definition) is 0. The molecule has 8 aromatic rings. The third kappa shape index (κ3) is 29.2. The van der Waals surface area contributed by atoms with Gasteiger partial charge in [-0.3, -0.25) is 0 Å². The van der Waals surface area contributed by atoms with Crippen LogP contribution in [0.15, 0.2) is 364 Å².